The van der Waals surface area contributed by atoms with Crippen molar-refractivity contribution in [3.05, 3.63) is 29.3 Å². The van der Waals surface area contributed by atoms with Gasteiger partial charge in [0, 0.05) is 6.04 Å². The van der Waals surface area contributed by atoms with Crippen LogP contribution in [0.5, 0.6) is 5.75 Å². The first-order valence-corrected chi connectivity index (χ1v) is 6.17. The highest BCUT2D eigenvalue weighted by Crippen LogP contribution is 2.49. The van der Waals surface area contributed by atoms with Crippen LogP contribution in [0.25, 0.3) is 0 Å². The van der Waals surface area contributed by atoms with E-state index in [1.165, 1.54) is 24.8 Å². The van der Waals surface area contributed by atoms with Gasteiger partial charge in [-0.25, -0.2) is 0 Å². The van der Waals surface area contributed by atoms with E-state index in [-0.39, 0.29) is 0 Å². The Hall–Kier alpha value is -1.02. The summed E-state index contributed by atoms with van der Waals surface area (Å²) in [6, 6.07) is 7.35. The molecular formula is C14H19NO. The van der Waals surface area contributed by atoms with Gasteiger partial charge in [0.25, 0.3) is 0 Å². The van der Waals surface area contributed by atoms with E-state index < -0.39 is 0 Å². The molecule has 0 amide bonds. The Balaban J connectivity index is 1.89. The Kier molecular flexibility index (Phi) is 2.40. The third-order valence-electron chi connectivity index (χ3n) is 4.41. The average molecular weight is 217 g/mol. The van der Waals surface area contributed by atoms with Crippen molar-refractivity contribution in [1.29, 1.82) is 0 Å². The number of rotatable bonds is 2. The summed E-state index contributed by atoms with van der Waals surface area (Å²) in [6.45, 7) is 0. The zero-order valence-electron chi connectivity index (χ0n) is 9.99. The highest BCUT2D eigenvalue weighted by Gasteiger charge is 2.43. The number of benzene rings is 1. The van der Waals surface area contributed by atoms with Crippen LogP contribution in [0.1, 0.15) is 29.9 Å². The van der Waals surface area contributed by atoms with E-state index >= 15 is 0 Å². The van der Waals surface area contributed by atoms with Crippen LogP contribution < -0.4 is 10.1 Å². The summed E-state index contributed by atoms with van der Waals surface area (Å²) in [4.78, 5) is 0. The van der Waals surface area contributed by atoms with Gasteiger partial charge in [0.05, 0.1) is 7.11 Å². The average Bonchev–Trinajstić information content (AvgIpc) is 2.29. The van der Waals surface area contributed by atoms with Crippen LogP contribution in [0.2, 0.25) is 0 Å². The molecule has 0 bridgehead atoms. The van der Waals surface area contributed by atoms with Crippen molar-refractivity contribution < 1.29 is 4.74 Å². The molecule has 0 radical (unpaired) electrons. The maximum absolute atomic E-state index is 5.29. The SMILES string of the molecule is CNC1CC2c3ccc(OC)cc3CCC12. The molecule has 3 unspecified atom stereocenters. The van der Waals surface area contributed by atoms with Gasteiger partial charge in [-0.1, -0.05) is 6.07 Å². The summed E-state index contributed by atoms with van der Waals surface area (Å²) < 4.78 is 5.29. The maximum atomic E-state index is 5.29. The second-order valence-corrected chi connectivity index (χ2v) is 5.00. The predicted octanol–water partition coefficient (Wildman–Crippen LogP) is 2.33. The van der Waals surface area contributed by atoms with E-state index in [1.54, 1.807) is 12.7 Å². The fourth-order valence-corrected chi connectivity index (χ4v) is 3.41. The summed E-state index contributed by atoms with van der Waals surface area (Å²) in [5.41, 5.74) is 3.08. The van der Waals surface area contributed by atoms with Gasteiger partial charge in [-0.3, -0.25) is 0 Å². The van der Waals surface area contributed by atoms with Crippen LogP contribution in [0.4, 0.5) is 0 Å². The van der Waals surface area contributed by atoms with Crippen molar-refractivity contribution in [2.45, 2.75) is 31.2 Å². The number of methoxy groups -OCH3 is 1. The first kappa shape index (κ1) is 10.2. The quantitative estimate of drug-likeness (QED) is 0.821. The third-order valence-corrected chi connectivity index (χ3v) is 4.41. The van der Waals surface area contributed by atoms with E-state index in [0.29, 0.717) is 0 Å². The van der Waals surface area contributed by atoms with Gasteiger partial charge in [0.15, 0.2) is 0 Å². The number of ether oxygens (including phenoxy) is 1. The molecule has 1 aromatic rings. The molecule has 0 saturated heterocycles. The van der Waals surface area contributed by atoms with Gasteiger partial charge in [-0.2, -0.15) is 0 Å². The normalized spacial score (nSPS) is 31.2. The lowest BCUT2D eigenvalue weighted by Crippen LogP contribution is -2.49. The lowest BCUT2D eigenvalue weighted by Gasteiger charge is -2.48. The molecule has 1 fully saturated rings. The van der Waals surface area contributed by atoms with Crippen LogP contribution in [-0.2, 0) is 6.42 Å². The molecule has 3 rings (SSSR count). The van der Waals surface area contributed by atoms with E-state index in [9.17, 15) is 0 Å². The van der Waals surface area contributed by atoms with E-state index in [1.807, 2.05) is 0 Å². The topological polar surface area (TPSA) is 21.3 Å². The van der Waals surface area contributed by atoms with E-state index in [2.05, 4.69) is 30.6 Å². The van der Waals surface area contributed by atoms with Crippen molar-refractivity contribution >= 4 is 0 Å². The van der Waals surface area contributed by atoms with Gasteiger partial charge in [0.1, 0.15) is 5.75 Å². The standard InChI is InChI=1S/C14H19NO/c1-15-14-8-13-11-6-4-10(16-2)7-9(11)3-5-12(13)14/h4,6-7,12-15H,3,5,8H2,1-2H3. The summed E-state index contributed by atoms with van der Waals surface area (Å²) in [7, 11) is 3.83. The second-order valence-electron chi connectivity index (χ2n) is 5.00. The molecule has 1 saturated carbocycles. The molecule has 1 N–H and O–H groups in total. The van der Waals surface area contributed by atoms with E-state index in [0.717, 1.165) is 23.6 Å². The highest BCUT2D eigenvalue weighted by atomic mass is 16.5. The van der Waals surface area contributed by atoms with Crippen LogP contribution in [0.15, 0.2) is 18.2 Å². The van der Waals surface area contributed by atoms with Crippen LogP contribution in [0.3, 0.4) is 0 Å². The minimum atomic E-state index is 0.750. The van der Waals surface area contributed by atoms with Crippen LogP contribution >= 0.6 is 0 Å². The van der Waals surface area contributed by atoms with Crippen molar-refractivity contribution in [2.24, 2.45) is 5.92 Å². The van der Waals surface area contributed by atoms with Gasteiger partial charge < -0.3 is 10.1 Å². The highest BCUT2D eigenvalue weighted by molar-refractivity contribution is 5.41. The third kappa shape index (κ3) is 1.36. The predicted molar refractivity (Wildman–Crippen MR) is 65.0 cm³/mol. The molecule has 2 aliphatic rings. The lowest BCUT2D eigenvalue weighted by atomic mass is 9.60. The first-order chi connectivity index (χ1) is 7.83. The molecule has 3 atom stereocenters. The molecule has 1 aromatic carbocycles. The van der Waals surface area contributed by atoms with Crippen molar-refractivity contribution in [3.8, 4) is 5.75 Å². The van der Waals surface area contributed by atoms with Crippen molar-refractivity contribution in [1.82, 2.24) is 5.32 Å². The Morgan fingerprint density at radius 2 is 2.25 bits per heavy atom. The largest absolute Gasteiger partial charge is 0.497 e. The smallest absolute Gasteiger partial charge is 0.119 e. The van der Waals surface area contributed by atoms with Crippen LogP contribution in [0, 0.1) is 5.92 Å². The Morgan fingerprint density at radius 1 is 1.38 bits per heavy atom. The summed E-state index contributed by atoms with van der Waals surface area (Å²) in [5, 5.41) is 3.43. The van der Waals surface area contributed by atoms with Gasteiger partial charge in [-0.05, 0) is 61.4 Å². The lowest BCUT2D eigenvalue weighted by molar-refractivity contribution is 0.152. The summed E-state index contributed by atoms with van der Waals surface area (Å²) in [6.07, 6.45) is 3.85. The maximum Gasteiger partial charge on any atom is 0.119 e. The zero-order valence-corrected chi connectivity index (χ0v) is 9.99. The monoisotopic (exact) mass is 217 g/mol. The molecule has 0 spiro atoms. The molecule has 0 aromatic heterocycles. The molecule has 86 valence electrons. The number of aryl methyl sites for hydroxylation is 1. The number of fused-ring (bicyclic) bond motifs is 3. The summed E-state index contributed by atoms with van der Waals surface area (Å²) in [5.74, 6) is 2.67. The molecule has 0 aliphatic heterocycles. The molecule has 2 nitrogen and oxygen atoms in total. The van der Waals surface area contributed by atoms with E-state index in [4.69, 9.17) is 4.74 Å². The molecular weight excluding hydrogens is 198 g/mol. The fraction of sp³-hybridized carbons (Fsp3) is 0.571. The van der Waals surface area contributed by atoms with Gasteiger partial charge in [-0.15, -0.1) is 0 Å². The van der Waals surface area contributed by atoms with Gasteiger partial charge >= 0.3 is 0 Å². The Bertz CT molecular complexity index is 402. The second kappa shape index (κ2) is 3.77. The van der Waals surface area contributed by atoms with Gasteiger partial charge in [0.2, 0.25) is 0 Å². The summed E-state index contributed by atoms with van der Waals surface area (Å²) >= 11 is 0. The minimum Gasteiger partial charge on any atom is -0.497 e. The number of nitrogens with one attached hydrogen (secondary N) is 1. The number of hydrogen-bond donors (Lipinski definition) is 1. The number of hydrogen-bond acceptors (Lipinski definition) is 2. The zero-order chi connectivity index (χ0) is 11.1. The molecule has 2 aliphatic carbocycles. The first-order valence-electron chi connectivity index (χ1n) is 6.17. The molecule has 0 heterocycles. The molecule has 16 heavy (non-hydrogen) atoms. The Labute approximate surface area is 97.0 Å². The fourth-order valence-electron chi connectivity index (χ4n) is 3.41. The minimum absolute atomic E-state index is 0.750. The Morgan fingerprint density at radius 3 is 3.00 bits per heavy atom. The van der Waals surface area contributed by atoms with Crippen LogP contribution in [-0.4, -0.2) is 20.2 Å². The van der Waals surface area contributed by atoms with Crippen molar-refractivity contribution in [2.75, 3.05) is 14.2 Å². The molecule has 2 heteroatoms. The van der Waals surface area contributed by atoms with Crippen molar-refractivity contribution in [3.63, 3.8) is 0 Å².